The molecular weight excluding hydrogens is 460 g/mol. The van der Waals surface area contributed by atoms with Gasteiger partial charge in [0.15, 0.2) is 5.69 Å². The van der Waals surface area contributed by atoms with Crippen LogP contribution in [0.2, 0.25) is 0 Å². The predicted octanol–water partition coefficient (Wildman–Crippen LogP) is 3.21. The van der Waals surface area contributed by atoms with E-state index in [2.05, 4.69) is 63.1 Å². The first-order valence-electron chi connectivity index (χ1n) is 5.38. The van der Waals surface area contributed by atoms with E-state index < -0.39 is 5.97 Å². The highest BCUT2D eigenvalue weighted by Gasteiger charge is 2.22. The molecule has 0 N–H and O–H groups in total. The first-order valence-corrected chi connectivity index (χ1v) is 8.01. The molecule has 9 heteroatoms. The molecule has 0 bridgehead atoms. The number of methoxy groups -OCH3 is 1. The lowest BCUT2D eigenvalue weighted by molar-refractivity contribution is 0.0589. The van der Waals surface area contributed by atoms with Crippen molar-refractivity contribution in [3.63, 3.8) is 0 Å². The van der Waals surface area contributed by atoms with E-state index in [0.717, 1.165) is 10.2 Å². The molecule has 2 aromatic rings. The van der Waals surface area contributed by atoms with Crippen molar-refractivity contribution in [2.75, 3.05) is 7.11 Å². The van der Waals surface area contributed by atoms with Crippen LogP contribution in [0.3, 0.4) is 0 Å². The van der Waals surface area contributed by atoms with E-state index in [4.69, 9.17) is 4.74 Å². The number of esters is 1. The summed E-state index contributed by atoms with van der Waals surface area (Å²) in [4.78, 5) is 16.3. The molecular formula is C11H9Br3N4O2. The standard InChI is InChI=1S/C11H9Br3N4O2/c1-18-9(11(19)20-2)8(16-17-18)6-4-3-5(12)7(15-6)10(13)14/h3-4,10H,1-2H3. The van der Waals surface area contributed by atoms with Crippen molar-refractivity contribution in [1.82, 2.24) is 20.0 Å². The Morgan fingerprint density at radius 2 is 2.10 bits per heavy atom. The van der Waals surface area contributed by atoms with Gasteiger partial charge in [-0.2, -0.15) is 0 Å². The maximum Gasteiger partial charge on any atom is 0.358 e. The van der Waals surface area contributed by atoms with Crippen LogP contribution in [-0.2, 0) is 11.8 Å². The molecule has 20 heavy (non-hydrogen) atoms. The monoisotopic (exact) mass is 466 g/mol. The Balaban J connectivity index is 2.58. The van der Waals surface area contributed by atoms with E-state index >= 15 is 0 Å². The van der Waals surface area contributed by atoms with Crippen molar-refractivity contribution < 1.29 is 9.53 Å². The molecule has 0 atom stereocenters. The molecule has 0 fully saturated rings. The fraction of sp³-hybridized carbons (Fsp3) is 0.273. The lowest BCUT2D eigenvalue weighted by Gasteiger charge is -2.07. The summed E-state index contributed by atoms with van der Waals surface area (Å²) >= 11 is 10.2. The van der Waals surface area contributed by atoms with Gasteiger partial charge >= 0.3 is 5.97 Å². The molecule has 6 nitrogen and oxygen atoms in total. The number of hydrogen-bond acceptors (Lipinski definition) is 5. The summed E-state index contributed by atoms with van der Waals surface area (Å²) in [5.41, 5.74) is 1.92. The average molecular weight is 469 g/mol. The van der Waals surface area contributed by atoms with Crippen LogP contribution in [-0.4, -0.2) is 33.1 Å². The topological polar surface area (TPSA) is 69.9 Å². The average Bonchev–Trinajstić information content (AvgIpc) is 2.80. The van der Waals surface area contributed by atoms with Gasteiger partial charge in [-0.15, -0.1) is 5.10 Å². The highest BCUT2D eigenvalue weighted by Crippen LogP contribution is 2.34. The SMILES string of the molecule is COC(=O)c1c(-c2ccc(Br)c(C(Br)Br)n2)nnn1C. The molecule has 0 saturated carbocycles. The number of pyridine rings is 1. The van der Waals surface area contributed by atoms with Crippen molar-refractivity contribution in [2.24, 2.45) is 7.05 Å². The summed E-state index contributed by atoms with van der Waals surface area (Å²) in [7, 11) is 2.94. The van der Waals surface area contributed by atoms with E-state index in [1.807, 2.05) is 6.07 Å². The van der Waals surface area contributed by atoms with E-state index in [-0.39, 0.29) is 9.43 Å². The van der Waals surface area contributed by atoms with Crippen molar-refractivity contribution in [2.45, 2.75) is 3.74 Å². The molecule has 106 valence electrons. The minimum Gasteiger partial charge on any atom is -0.464 e. The van der Waals surface area contributed by atoms with Crippen LogP contribution in [0.4, 0.5) is 0 Å². The molecule has 2 aromatic heterocycles. The number of aryl methyl sites for hydroxylation is 1. The van der Waals surface area contributed by atoms with E-state index in [1.54, 1.807) is 13.1 Å². The van der Waals surface area contributed by atoms with Crippen molar-refractivity contribution >= 4 is 53.8 Å². The zero-order valence-electron chi connectivity index (χ0n) is 10.5. The number of hydrogen-bond donors (Lipinski definition) is 0. The molecule has 0 spiro atoms. The normalized spacial score (nSPS) is 10.9. The largest absolute Gasteiger partial charge is 0.464 e. The summed E-state index contributed by atoms with van der Waals surface area (Å²) in [6.45, 7) is 0. The van der Waals surface area contributed by atoms with Crippen LogP contribution in [0.5, 0.6) is 0 Å². The van der Waals surface area contributed by atoms with E-state index in [0.29, 0.717) is 11.4 Å². The van der Waals surface area contributed by atoms with Crippen molar-refractivity contribution in [3.8, 4) is 11.4 Å². The number of carbonyl (C=O) groups is 1. The van der Waals surface area contributed by atoms with Crippen LogP contribution in [0.15, 0.2) is 16.6 Å². The minimum atomic E-state index is -0.506. The van der Waals surface area contributed by atoms with Gasteiger partial charge in [-0.3, -0.25) is 0 Å². The smallest absolute Gasteiger partial charge is 0.358 e. The number of aromatic nitrogens is 4. The van der Waals surface area contributed by atoms with Gasteiger partial charge in [0.1, 0.15) is 9.43 Å². The summed E-state index contributed by atoms with van der Waals surface area (Å²) in [6, 6.07) is 3.59. The summed E-state index contributed by atoms with van der Waals surface area (Å²) in [5, 5.41) is 7.84. The molecule has 0 unspecified atom stereocenters. The summed E-state index contributed by atoms with van der Waals surface area (Å²) in [5.74, 6) is -0.506. The molecule has 0 aliphatic rings. The molecule has 2 heterocycles. The highest BCUT2D eigenvalue weighted by molar-refractivity contribution is 9.24. The third-order valence-electron chi connectivity index (χ3n) is 2.53. The number of ether oxygens (including phenoxy) is 1. The van der Waals surface area contributed by atoms with E-state index in [1.165, 1.54) is 11.8 Å². The van der Waals surface area contributed by atoms with Crippen molar-refractivity contribution in [1.29, 1.82) is 0 Å². The fourth-order valence-electron chi connectivity index (χ4n) is 1.60. The van der Waals surface area contributed by atoms with Crippen LogP contribution >= 0.6 is 47.8 Å². The van der Waals surface area contributed by atoms with Gasteiger partial charge < -0.3 is 4.74 Å². The van der Waals surface area contributed by atoms with Gasteiger partial charge in [0.2, 0.25) is 0 Å². The third-order valence-corrected chi connectivity index (χ3v) is 4.07. The van der Waals surface area contributed by atoms with Crippen molar-refractivity contribution in [3.05, 3.63) is 28.0 Å². The van der Waals surface area contributed by atoms with Gasteiger partial charge in [0.05, 0.1) is 18.5 Å². The first kappa shape index (κ1) is 15.6. The number of halogens is 3. The van der Waals surface area contributed by atoms with E-state index in [9.17, 15) is 4.79 Å². The zero-order valence-corrected chi connectivity index (χ0v) is 15.2. The third kappa shape index (κ3) is 2.94. The predicted molar refractivity (Wildman–Crippen MR) is 83.9 cm³/mol. The van der Waals surface area contributed by atoms with Gasteiger partial charge in [0, 0.05) is 11.5 Å². The van der Waals surface area contributed by atoms with Gasteiger partial charge in [-0.1, -0.05) is 37.1 Å². The Bertz CT molecular complexity index is 657. The van der Waals surface area contributed by atoms with Gasteiger partial charge in [-0.05, 0) is 28.1 Å². The van der Waals surface area contributed by atoms with Crippen LogP contribution in [0, 0.1) is 0 Å². The van der Waals surface area contributed by atoms with Crippen LogP contribution in [0.1, 0.15) is 19.9 Å². The Hall–Kier alpha value is -0.800. The Labute approximate surface area is 140 Å². The van der Waals surface area contributed by atoms with Gasteiger partial charge in [-0.25, -0.2) is 14.5 Å². The van der Waals surface area contributed by atoms with Crippen LogP contribution in [0.25, 0.3) is 11.4 Å². The number of nitrogens with zero attached hydrogens (tertiary/aromatic N) is 4. The quantitative estimate of drug-likeness (QED) is 0.511. The molecule has 0 aliphatic carbocycles. The lowest BCUT2D eigenvalue weighted by atomic mass is 10.2. The molecule has 2 rings (SSSR count). The second-order valence-corrected chi connectivity index (χ2v) is 7.68. The highest BCUT2D eigenvalue weighted by atomic mass is 79.9. The van der Waals surface area contributed by atoms with Crippen LogP contribution < -0.4 is 0 Å². The first-order chi connectivity index (χ1) is 9.45. The molecule has 0 aromatic carbocycles. The Morgan fingerprint density at radius 1 is 1.40 bits per heavy atom. The molecule has 0 aliphatic heterocycles. The summed E-state index contributed by atoms with van der Waals surface area (Å²) in [6.07, 6.45) is 0. The number of alkyl halides is 2. The molecule has 0 radical (unpaired) electrons. The Kier molecular flexibility index (Phi) is 4.92. The van der Waals surface area contributed by atoms with Gasteiger partial charge in [0.25, 0.3) is 0 Å². The zero-order chi connectivity index (χ0) is 14.9. The number of carbonyl (C=O) groups excluding carboxylic acids is 1. The fourth-order valence-corrected chi connectivity index (χ4v) is 3.36. The molecule has 0 amide bonds. The Morgan fingerprint density at radius 3 is 2.70 bits per heavy atom. The lowest BCUT2D eigenvalue weighted by Crippen LogP contribution is -2.10. The molecule has 0 saturated heterocycles. The summed E-state index contributed by atoms with van der Waals surface area (Å²) < 4.78 is 6.82. The maximum absolute atomic E-state index is 11.8. The second-order valence-electron chi connectivity index (χ2n) is 3.77. The number of rotatable bonds is 3. The maximum atomic E-state index is 11.8. The second kappa shape index (κ2) is 6.31. The minimum absolute atomic E-state index is 0.123.